The number of nitrogens with zero attached hydrogens (tertiary/aromatic N) is 6. The van der Waals surface area contributed by atoms with Gasteiger partial charge in [0, 0.05) is 68.8 Å². The van der Waals surface area contributed by atoms with Gasteiger partial charge < -0.3 is 29.3 Å². The first-order chi connectivity index (χ1) is 23.2. The molecule has 3 heterocycles. The van der Waals surface area contributed by atoms with Gasteiger partial charge in [0.2, 0.25) is 5.95 Å². The smallest absolute Gasteiger partial charge is 0.410 e. The number of ether oxygens (including phenoxy) is 3. The van der Waals surface area contributed by atoms with E-state index in [1.165, 1.54) is 30.1 Å². The maximum atomic E-state index is 13.7. The topological polar surface area (TPSA) is 130 Å². The normalized spacial score (nSPS) is 14.7. The molecule has 0 saturated carbocycles. The zero-order valence-corrected chi connectivity index (χ0v) is 29.8. The van der Waals surface area contributed by atoms with Gasteiger partial charge in [0.25, 0.3) is 0 Å². The summed E-state index contributed by atoms with van der Waals surface area (Å²) in [5.41, 5.74) is 2.57. The number of halogens is 2. The Labute approximate surface area is 295 Å². The molecule has 0 aliphatic carbocycles. The van der Waals surface area contributed by atoms with Crippen molar-refractivity contribution in [2.75, 3.05) is 67.5 Å². The maximum absolute atomic E-state index is 13.7. The molecule has 260 valence electrons. The van der Waals surface area contributed by atoms with Gasteiger partial charge in [-0.25, -0.2) is 14.6 Å². The highest BCUT2D eigenvalue weighted by Crippen LogP contribution is 2.47. The number of nitrogens with one attached hydrogen (secondary N) is 1. The Morgan fingerprint density at radius 1 is 1.04 bits per heavy atom. The summed E-state index contributed by atoms with van der Waals surface area (Å²) in [6.45, 7) is 11.5. The van der Waals surface area contributed by atoms with Gasteiger partial charge in [0.05, 0.1) is 26.5 Å². The summed E-state index contributed by atoms with van der Waals surface area (Å²) in [6.07, 6.45) is 2.67. The van der Waals surface area contributed by atoms with Gasteiger partial charge >= 0.3 is 12.1 Å². The average molecular weight is 713 g/mol. The predicted molar refractivity (Wildman–Crippen MR) is 190 cm³/mol. The molecule has 3 amide bonds. The summed E-state index contributed by atoms with van der Waals surface area (Å²) in [7, 11) is 4.51. The molecular weight excluding hydrogens is 673 g/mol. The van der Waals surface area contributed by atoms with E-state index in [9.17, 15) is 14.4 Å². The van der Waals surface area contributed by atoms with Crippen LogP contribution in [0.15, 0.2) is 43.1 Å². The van der Waals surface area contributed by atoms with E-state index >= 15 is 0 Å². The quantitative estimate of drug-likeness (QED) is 0.246. The molecule has 49 heavy (non-hydrogen) atoms. The molecule has 0 spiro atoms. The predicted octanol–water partition coefficient (Wildman–Crippen LogP) is 6.48. The molecule has 5 rings (SSSR count). The largest absolute Gasteiger partial charge is 0.495 e. The van der Waals surface area contributed by atoms with Gasteiger partial charge in [-0.2, -0.15) is 4.98 Å². The number of piperazine rings is 1. The second-order valence-corrected chi connectivity index (χ2v) is 13.3. The van der Waals surface area contributed by atoms with Crippen molar-refractivity contribution in [2.45, 2.75) is 39.3 Å². The van der Waals surface area contributed by atoms with Crippen LogP contribution in [0.5, 0.6) is 11.5 Å². The highest BCUT2D eigenvalue weighted by molar-refractivity contribution is 6.42. The van der Waals surface area contributed by atoms with Gasteiger partial charge in [-0.3, -0.25) is 14.6 Å². The van der Waals surface area contributed by atoms with Crippen LogP contribution in [0.3, 0.4) is 0 Å². The SMILES string of the molecule is C=CC(=O)Cc1cc(N2CCN(C(=O)OC(C)(C)C)CC2)ccc1Nc1ncc2c(n1)N(C)C(=O)N(c1c(Cl)c(OC)cc(OC)c1Cl)C2. The van der Waals surface area contributed by atoms with Crippen LogP contribution < -0.4 is 29.5 Å². The number of amides is 3. The highest BCUT2D eigenvalue weighted by atomic mass is 35.5. The van der Waals surface area contributed by atoms with E-state index in [1.807, 2.05) is 39.0 Å². The van der Waals surface area contributed by atoms with Gasteiger partial charge in [-0.1, -0.05) is 29.8 Å². The molecular formula is C34H39Cl2N7O6. The van der Waals surface area contributed by atoms with E-state index in [2.05, 4.69) is 26.8 Å². The Hall–Kier alpha value is -4.75. The lowest BCUT2D eigenvalue weighted by Crippen LogP contribution is -2.50. The fraction of sp³-hybridized carbons (Fsp3) is 0.382. The number of urea groups is 1. The van der Waals surface area contributed by atoms with E-state index in [4.69, 9.17) is 37.4 Å². The molecule has 15 heteroatoms. The molecule has 1 saturated heterocycles. The van der Waals surface area contributed by atoms with Gasteiger partial charge in [0.15, 0.2) is 5.78 Å². The Morgan fingerprint density at radius 2 is 1.69 bits per heavy atom. The number of anilines is 5. The number of carbonyl (C=O) groups excluding carboxylic acids is 3. The number of benzene rings is 2. The highest BCUT2D eigenvalue weighted by Gasteiger charge is 2.35. The van der Waals surface area contributed by atoms with Crippen molar-refractivity contribution in [3.8, 4) is 11.5 Å². The zero-order valence-electron chi connectivity index (χ0n) is 28.3. The molecule has 2 aliphatic rings. The monoisotopic (exact) mass is 711 g/mol. The molecule has 1 N–H and O–H groups in total. The number of hydrogen-bond donors (Lipinski definition) is 1. The molecule has 2 aliphatic heterocycles. The summed E-state index contributed by atoms with van der Waals surface area (Å²) in [6, 6.07) is 6.87. The van der Waals surface area contributed by atoms with Crippen molar-refractivity contribution in [1.82, 2.24) is 14.9 Å². The minimum Gasteiger partial charge on any atom is -0.495 e. The number of hydrogen-bond acceptors (Lipinski definition) is 10. The second kappa shape index (κ2) is 14.4. The summed E-state index contributed by atoms with van der Waals surface area (Å²) in [5, 5.41) is 3.55. The molecule has 0 atom stereocenters. The van der Waals surface area contributed by atoms with Crippen molar-refractivity contribution in [3.63, 3.8) is 0 Å². The number of fused-ring (bicyclic) bond motifs is 1. The van der Waals surface area contributed by atoms with Crippen LogP contribution in [-0.4, -0.2) is 85.8 Å². The zero-order chi connectivity index (χ0) is 35.6. The van der Waals surface area contributed by atoms with Crippen LogP contribution in [0.4, 0.5) is 38.4 Å². The molecule has 13 nitrogen and oxygen atoms in total. The first-order valence-electron chi connectivity index (χ1n) is 15.5. The standard InChI is InChI=1S/C34H39Cl2N7O6/c1-8-23(44)16-20-15-22(41-11-13-42(14-12-41)33(46)49-34(2,3)4)9-10-24(20)38-31-37-18-21-19-43(32(45)40(5)30(21)39-31)29-27(35)25(47-6)17-26(48-7)28(29)36/h8-10,15,17-18H,1,11-14,16,19H2,2-7H3,(H,37,38,39). The van der Waals surface area contributed by atoms with Crippen molar-refractivity contribution < 1.29 is 28.6 Å². The van der Waals surface area contributed by atoms with E-state index in [1.54, 1.807) is 24.2 Å². The summed E-state index contributed by atoms with van der Waals surface area (Å²) < 4.78 is 16.3. The van der Waals surface area contributed by atoms with Gasteiger partial charge in [0.1, 0.15) is 33.0 Å². The molecule has 3 aromatic rings. The third kappa shape index (κ3) is 7.62. The van der Waals surface area contributed by atoms with Gasteiger partial charge in [-0.15, -0.1) is 0 Å². The minimum atomic E-state index is -0.565. The van der Waals surface area contributed by atoms with E-state index in [-0.39, 0.29) is 46.5 Å². The van der Waals surface area contributed by atoms with Crippen LogP contribution in [0.1, 0.15) is 31.9 Å². The lowest BCUT2D eigenvalue weighted by molar-refractivity contribution is -0.114. The van der Waals surface area contributed by atoms with Crippen LogP contribution in [0, 0.1) is 0 Å². The van der Waals surface area contributed by atoms with Crippen LogP contribution in [0.25, 0.3) is 0 Å². The van der Waals surface area contributed by atoms with Crippen molar-refractivity contribution >= 4 is 69.9 Å². The Balaban J connectivity index is 1.38. The van der Waals surface area contributed by atoms with Crippen LogP contribution >= 0.6 is 23.2 Å². The summed E-state index contributed by atoms with van der Waals surface area (Å²) in [5.74, 6) is 1.07. The molecule has 1 fully saturated rings. The summed E-state index contributed by atoms with van der Waals surface area (Å²) >= 11 is 13.2. The number of allylic oxidation sites excluding steroid dienone is 1. The first-order valence-corrected chi connectivity index (χ1v) is 16.3. The minimum absolute atomic E-state index is 0.0868. The second-order valence-electron chi connectivity index (χ2n) is 12.5. The third-order valence-corrected chi connectivity index (χ3v) is 8.78. The van der Waals surface area contributed by atoms with Crippen molar-refractivity contribution in [2.24, 2.45) is 0 Å². The van der Waals surface area contributed by atoms with Crippen molar-refractivity contribution in [1.29, 1.82) is 0 Å². The fourth-order valence-corrected chi connectivity index (χ4v) is 6.26. The maximum Gasteiger partial charge on any atom is 0.410 e. The Kier molecular flexibility index (Phi) is 10.4. The van der Waals surface area contributed by atoms with Crippen LogP contribution in [-0.2, 0) is 22.5 Å². The van der Waals surface area contributed by atoms with E-state index in [0.717, 1.165) is 5.69 Å². The summed E-state index contributed by atoms with van der Waals surface area (Å²) in [4.78, 5) is 54.6. The third-order valence-electron chi connectivity index (χ3n) is 8.05. The molecule has 0 radical (unpaired) electrons. The molecule has 0 bridgehead atoms. The van der Waals surface area contributed by atoms with Crippen LogP contribution in [0.2, 0.25) is 10.0 Å². The number of aromatic nitrogens is 2. The average Bonchev–Trinajstić information content (AvgIpc) is 3.07. The van der Waals surface area contributed by atoms with E-state index < -0.39 is 11.6 Å². The molecule has 0 unspecified atom stereocenters. The number of ketones is 1. The van der Waals surface area contributed by atoms with Crippen molar-refractivity contribution in [3.05, 3.63) is 64.3 Å². The molecule has 1 aromatic heterocycles. The Morgan fingerprint density at radius 3 is 2.29 bits per heavy atom. The first kappa shape index (κ1) is 35.6. The van der Waals surface area contributed by atoms with E-state index in [0.29, 0.717) is 60.3 Å². The fourth-order valence-electron chi connectivity index (χ4n) is 5.55. The van der Waals surface area contributed by atoms with Gasteiger partial charge in [-0.05, 0) is 50.6 Å². The molecule has 2 aromatic carbocycles. The number of carbonyl (C=O) groups is 3. The lowest BCUT2D eigenvalue weighted by atomic mass is 10.0. The Bertz CT molecular complexity index is 1760. The lowest BCUT2D eigenvalue weighted by Gasteiger charge is -2.37. The number of rotatable bonds is 9. The number of methoxy groups -OCH3 is 2.